The lowest BCUT2D eigenvalue weighted by atomic mass is 10.1. The van der Waals surface area contributed by atoms with Crippen LogP contribution in [0.3, 0.4) is 0 Å². The van der Waals surface area contributed by atoms with Gasteiger partial charge in [-0.3, -0.25) is 10.2 Å². The van der Waals surface area contributed by atoms with Gasteiger partial charge in [-0.15, -0.1) is 4.83 Å². The Morgan fingerprint density at radius 1 is 1.12 bits per heavy atom. The summed E-state index contributed by atoms with van der Waals surface area (Å²) in [4.78, 5) is 14.0. The van der Waals surface area contributed by atoms with Gasteiger partial charge in [0.25, 0.3) is 15.9 Å². The topological polar surface area (TPSA) is 84.5 Å². The van der Waals surface area contributed by atoms with Crippen LogP contribution in [0.5, 0.6) is 5.75 Å². The molecule has 0 aliphatic rings. The van der Waals surface area contributed by atoms with Crippen molar-refractivity contribution in [1.29, 1.82) is 0 Å². The molecule has 9 heteroatoms. The Hall–Kier alpha value is -1.80. The zero-order valence-corrected chi connectivity index (χ0v) is 16.7. The minimum Gasteiger partial charge on any atom is -0.480 e. The molecule has 0 aliphatic heterocycles. The summed E-state index contributed by atoms with van der Waals surface area (Å²) in [5.74, 6) is -0.139. The number of ether oxygens (including phenoxy) is 1. The van der Waals surface area contributed by atoms with Crippen LogP contribution >= 0.6 is 23.2 Å². The molecule has 2 rings (SSSR count). The number of sulfonamides is 1. The zero-order chi connectivity index (χ0) is 19.5. The summed E-state index contributed by atoms with van der Waals surface area (Å²) in [7, 11) is -4.00. The molecule has 26 heavy (non-hydrogen) atoms. The molecular formula is C17H18Cl2N2O4S. The maximum Gasteiger partial charge on any atom is 0.275 e. The van der Waals surface area contributed by atoms with Gasteiger partial charge in [0.15, 0.2) is 6.10 Å². The Morgan fingerprint density at radius 3 is 2.27 bits per heavy atom. The van der Waals surface area contributed by atoms with Crippen LogP contribution in [0.2, 0.25) is 10.0 Å². The Balaban J connectivity index is 2.05. The third-order valence-corrected chi connectivity index (χ3v) is 5.49. The molecule has 0 heterocycles. The van der Waals surface area contributed by atoms with Crippen LogP contribution in [0.1, 0.15) is 18.1 Å². The third-order valence-electron chi connectivity index (χ3n) is 3.52. The quantitative estimate of drug-likeness (QED) is 0.706. The highest BCUT2D eigenvalue weighted by Crippen LogP contribution is 2.28. The van der Waals surface area contributed by atoms with E-state index in [1.54, 1.807) is 32.0 Å². The van der Waals surface area contributed by atoms with Gasteiger partial charge in [0.05, 0.1) is 5.02 Å². The van der Waals surface area contributed by atoms with E-state index in [0.717, 1.165) is 11.1 Å². The first kappa shape index (κ1) is 20.5. The molecule has 0 aromatic heterocycles. The first-order chi connectivity index (χ1) is 12.1. The summed E-state index contributed by atoms with van der Waals surface area (Å²) in [6, 6.07) is 9.34. The molecular weight excluding hydrogens is 399 g/mol. The molecule has 2 aromatic rings. The summed E-state index contributed by atoms with van der Waals surface area (Å²) in [6.45, 7) is 5.12. The molecule has 6 nitrogen and oxygen atoms in total. The highest BCUT2D eigenvalue weighted by molar-refractivity contribution is 7.89. The first-order valence-corrected chi connectivity index (χ1v) is 9.85. The standard InChI is InChI=1S/C17H18Cl2N2O4S/c1-10-8-13(18)9-11(2)16(10)25-12(3)17(22)20-21-26(23,24)15-7-5-4-6-14(15)19/h4-9,12,21H,1-3H3,(H,20,22)/t12-/m0/s1. The van der Waals surface area contributed by atoms with Crippen LogP contribution in [0.15, 0.2) is 41.3 Å². The Bertz CT molecular complexity index is 909. The van der Waals surface area contributed by atoms with E-state index in [-0.39, 0.29) is 9.92 Å². The number of nitrogens with one attached hydrogen (secondary N) is 2. The second-order valence-electron chi connectivity index (χ2n) is 5.65. The van der Waals surface area contributed by atoms with Crippen molar-refractivity contribution in [3.8, 4) is 5.75 Å². The summed E-state index contributed by atoms with van der Waals surface area (Å²) < 4.78 is 30.1. The van der Waals surface area contributed by atoms with E-state index < -0.39 is 22.0 Å². The number of carbonyl (C=O) groups excluding carboxylic acids is 1. The summed E-state index contributed by atoms with van der Waals surface area (Å²) in [5.41, 5.74) is 3.67. The van der Waals surface area contributed by atoms with E-state index in [2.05, 4.69) is 5.43 Å². The lowest BCUT2D eigenvalue weighted by molar-refractivity contribution is -0.127. The minimum atomic E-state index is -4.00. The van der Waals surface area contributed by atoms with Crippen LogP contribution in [-0.2, 0) is 14.8 Å². The highest BCUT2D eigenvalue weighted by atomic mass is 35.5. The normalized spacial score (nSPS) is 12.5. The van der Waals surface area contributed by atoms with Gasteiger partial charge in [0.2, 0.25) is 0 Å². The van der Waals surface area contributed by atoms with Crippen LogP contribution in [0.25, 0.3) is 0 Å². The zero-order valence-electron chi connectivity index (χ0n) is 14.3. The van der Waals surface area contributed by atoms with Crippen LogP contribution < -0.4 is 15.0 Å². The van der Waals surface area contributed by atoms with Crippen molar-refractivity contribution < 1.29 is 17.9 Å². The van der Waals surface area contributed by atoms with Gasteiger partial charge in [0.1, 0.15) is 10.6 Å². The van der Waals surface area contributed by atoms with Crippen LogP contribution in [0, 0.1) is 13.8 Å². The molecule has 0 saturated carbocycles. The van der Waals surface area contributed by atoms with Crippen molar-refractivity contribution in [1.82, 2.24) is 10.3 Å². The predicted molar refractivity (Wildman–Crippen MR) is 101 cm³/mol. The number of benzene rings is 2. The third kappa shape index (κ3) is 4.88. The second-order valence-corrected chi connectivity index (χ2v) is 8.15. The van der Waals surface area contributed by atoms with Gasteiger partial charge in [-0.25, -0.2) is 8.42 Å². The number of hydrogen-bond acceptors (Lipinski definition) is 4. The van der Waals surface area contributed by atoms with Crippen molar-refractivity contribution in [3.63, 3.8) is 0 Å². The molecule has 0 unspecified atom stereocenters. The smallest absolute Gasteiger partial charge is 0.275 e. The van der Waals surface area contributed by atoms with Gasteiger partial charge in [-0.05, 0) is 56.2 Å². The van der Waals surface area contributed by atoms with E-state index in [4.69, 9.17) is 27.9 Å². The highest BCUT2D eigenvalue weighted by Gasteiger charge is 2.22. The average molecular weight is 417 g/mol. The fraction of sp³-hybridized carbons (Fsp3) is 0.235. The molecule has 0 aliphatic carbocycles. The number of hydrazine groups is 1. The molecule has 0 fully saturated rings. The number of hydrogen-bond donors (Lipinski definition) is 2. The summed E-state index contributed by atoms with van der Waals surface area (Å²) >= 11 is 11.8. The van der Waals surface area contributed by atoms with Gasteiger partial charge in [0, 0.05) is 5.02 Å². The Morgan fingerprint density at radius 2 is 1.69 bits per heavy atom. The van der Waals surface area contributed by atoms with Crippen molar-refractivity contribution in [3.05, 3.63) is 57.6 Å². The number of aryl methyl sites for hydroxylation is 2. The number of carbonyl (C=O) groups is 1. The maximum absolute atomic E-state index is 12.2. The van der Waals surface area contributed by atoms with Crippen molar-refractivity contribution >= 4 is 39.1 Å². The molecule has 1 atom stereocenters. The van der Waals surface area contributed by atoms with Gasteiger partial charge < -0.3 is 4.74 Å². The minimum absolute atomic E-state index is 0.0472. The maximum atomic E-state index is 12.2. The number of amides is 1. The van der Waals surface area contributed by atoms with Crippen LogP contribution in [-0.4, -0.2) is 20.4 Å². The molecule has 0 spiro atoms. The monoisotopic (exact) mass is 416 g/mol. The van der Waals surface area contributed by atoms with E-state index >= 15 is 0 Å². The molecule has 0 saturated heterocycles. The second kappa shape index (κ2) is 8.26. The van der Waals surface area contributed by atoms with Gasteiger partial charge in [-0.2, -0.15) is 0 Å². The van der Waals surface area contributed by atoms with Crippen molar-refractivity contribution in [2.75, 3.05) is 0 Å². The van der Waals surface area contributed by atoms with E-state index in [1.807, 2.05) is 4.83 Å². The van der Waals surface area contributed by atoms with Gasteiger partial charge >= 0.3 is 0 Å². The molecule has 0 bridgehead atoms. The Kier molecular flexibility index (Phi) is 6.52. The van der Waals surface area contributed by atoms with E-state index in [9.17, 15) is 13.2 Å². The van der Waals surface area contributed by atoms with Crippen molar-refractivity contribution in [2.24, 2.45) is 0 Å². The number of halogens is 2. The Labute approximate surface area is 162 Å². The number of rotatable bonds is 6. The molecule has 140 valence electrons. The molecule has 1 amide bonds. The largest absolute Gasteiger partial charge is 0.480 e. The van der Waals surface area contributed by atoms with Crippen molar-refractivity contribution in [2.45, 2.75) is 31.8 Å². The molecule has 2 aromatic carbocycles. The SMILES string of the molecule is Cc1cc(Cl)cc(C)c1O[C@@H](C)C(=O)NNS(=O)(=O)c1ccccc1Cl. The predicted octanol–water partition coefficient (Wildman–Crippen LogP) is 3.39. The lowest BCUT2D eigenvalue weighted by Gasteiger charge is -2.18. The fourth-order valence-electron chi connectivity index (χ4n) is 2.25. The average Bonchev–Trinajstić information content (AvgIpc) is 2.56. The van der Waals surface area contributed by atoms with E-state index in [1.165, 1.54) is 25.1 Å². The first-order valence-electron chi connectivity index (χ1n) is 7.61. The fourth-order valence-corrected chi connectivity index (χ4v) is 3.95. The lowest BCUT2D eigenvalue weighted by Crippen LogP contribution is -2.47. The van der Waals surface area contributed by atoms with E-state index in [0.29, 0.717) is 10.8 Å². The summed E-state index contributed by atoms with van der Waals surface area (Å²) in [5, 5.41) is 0.614. The molecule has 0 radical (unpaired) electrons. The van der Waals surface area contributed by atoms with Crippen LogP contribution in [0.4, 0.5) is 0 Å². The summed E-state index contributed by atoms with van der Waals surface area (Å²) in [6.07, 6.45) is -0.942. The van der Waals surface area contributed by atoms with Gasteiger partial charge in [-0.1, -0.05) is 35.3 Å². The molecule has 2 N–H and O–H groups in total.